The van der Waals surface area contributed by atoms with Gasteiger partial charge in [0.2, 0.25) is 0 Å². The first kappa shape index (κ1) is 14.6. The molecule has 1 aliphatic heterocycles. The normalized spacial score (nSPS) is 16.7. The molecule has 1 aliphatic rings. The number of aryl methyl sites for hydroxylation is 2. The van der Waals surface area contributed by atoms with E-state index in [1.165, 1.54) is 0 Å². The van der Waals surface area contributed by atoms with Crippen molar-refractivity contribution in [2.75, 3.05) is 10.2 Å². The number of para-hydroxylation sites is 1. The van der Waals surface area contributed by atoms with Crippen LogP contribution in [0.5, 0.6) is 0 Å². The van der Waals surface area contributed by atoms with Gasteiger partial charge in [0.15, 0.2) is 6.17 Å². The van der Waals surface area contributed by atoms with Crippen LogP contribution in [-0.2, 0) is 0 Å². The van der Waals surface area contributed by atoms with E-state index in [9.17, 15) is 4.79 Å². The summed E-state index contributed by atoms with van der Waals surface area (Å²) < 4.78 is 5.81. The summed E-state index contributed by atoms with van der Waals surface area (Å²) in [5, 5.41) is 3.44. The van der Waals surface area contributed by atoms with Crippen molar-refractivity contribution in [3.63, 3.8) is 0 Å². The lowest BCUT2D eigenvalue weighted by Crippen LogP contribution is -2.43. The minimum absolute atomic E-state index is 0.0333. The standard InChI is InChI=1S/C20H18N2O2/c1-13-6-5-7-15(12-13)22-19(18-11-10-14(2)24-18)21-17-9-4-3-8-16(17)20(22)23/h3-12,19,21H,1-2H3/t19-/m1/s1. The van der Waals surface area contributed by atoms with E-state index in [-0.39, 0.29) is 12.1 Å². The Kier molecular flexibility index (Phi) is 3.38. The molecule has 1 amide bonds. The second-order valence-corrected chi connectivity index (χ2v) is 6.06. The maximum Gasteiger partial charge on any atom is 0.262 e. The summed E-state index contributed by atoms with van der Waals surface area (Å²) >= 11 is 0. The fourth-order valence-corrected chi connectivity index (χ4v) is 3.10. The highest BCUT2D eigenvalue weighted by atomic mass is 16.3. The highest BCUT2D eigenvalue weighted by Crippen LogP contribution is 2.37. The Bertz CT molecular complexity index is 913. The number of amides is 1. The lowest BCUT2D eigenvalue weighted by Gasteiger charge is -2.36. The number of benzene rings is 2. The Morgan fingerprint density at radius 1 is 1.00 bits per heavy atom. The quantitative estimate of drug-likeness (QED) is 0.747. The molecular formula is C20H18N2O2. The molecule has 1 atom stereocenters. The van der Waals surface area contributed by atoms with Crippen molar-refractivity contribution in [2.24, 2.45) is 0 Å². The van der Waals surface area contributed by atoms with E-state index in [1.807, 2.05) is 74.5 Å². The van der Waals surface area contributed by atoms with E-state index >= 15 is 0 Å². The Morgan fingerprint density at radius 3 is 2.58 bits per heavy atom. The molecule has 0 fully saturated rings. The summed E-state index contributed by atoms with van der Waals surface area (Å²) in [5.41, 5.74) is 3.44. The number of nitrogens with zero attached hydrogens (tertiary/aromatic N) is 1. The van der Waals surface area contributed by atoms with Gasteiger partial charge >= 0.3 is 0 Å². The van der Waals surface area contributed by atoms with Crippen molar-refractivity contribution >= 4 is 17.3 Å². The van der Waals surface area contributed by atoms with Crippen LogP contribution in [-0.4, -0.2) is 5.91 Å². The molecule has 4 heteroatoms. The molecule has 1 N–H and O–H groups in total. The molecule has 0 unspecified atom stereocenters. The van der Waals surface area contributed by atoms with Gasteiger partial charge in [-0.1, -0.05) is 24.3 Å². The van der Waals surface area contributed by atoms with Crippen LogP contribution in [0.1, 0.15) is 33.6 Å². The van der Waals surface area contributed by atoms with Crippen molar-refractivity contribution in [2.45, 2.75) is 20.0 Å². The maximum absolute atomic E-state index is 13.2. The molecule has 2 heterocycles. The summed E-state index contributed by atoms with van der Waals surface area (Å²) in [6.07, 6.45) is -0.372. The number of rotatable bonds is 2. The van der Waals surface area contributed by atoms with Gasteiger partial charge in [0.1, 0.15) is 11.5 Å². The Labute approximate surface area is 140 Å². The number of hydrogen-bond donors (Lipinski definition) is 1. The minimum Gasteiger partial charge on any atom is -0.462 e. The maximum atomic E-state index is 13.2. The predicted octanol–water partition coefficient (Wildman–Crippen LogP) is 4.67. The molecular weight excluding hydrogens is 300 g/mol. The fourth-order valence-electron chi connectivity index (χ4n) is 3.10. The second-order valence-electron chi connectivity index (χ2n) is 6.06. The zero-order valence-corrected chi connectivity index (χ0v) is 13.6. The van der Waals surface area contributed by atoms with Crippen LogP contribution in [0.25, 0.3) is 0 Å². The zero-order valence-electron chi connectivity index (χ0n) is 13.6. The van der Waals surface area contributed by atoms with Gasteiger partial charge in [0.05, 0.1) is 5.56 Å². The summed E-state index contributed by atoms with van der Waals surface area (Å²) in [6, 6.07) is 19.3. The molecule has 0 saturated carbocycles. The highest BCUT2D eigenvalue weighted by molar-refractivity contribution is 6.12. The number of hydrogen-bond acceptors (Lipinski definition) is 3. The van der Waals surface area contributed by atoms with E-state index < -0.39 is 0 Å². The molecule has 24 heavy (non-hydrogen) atoms. The monoisotopic (exact) mass is 318 g/mol. The lowest BCUT2D eigenvalue weighted by atomic mass is 10.0. The van der Waals surface area contributed by atoms with Gasteiger partial charge in [-0.15, -0.1) is 0 Å². The van der Waals surface area contributed by atoms with E-state index in [2.05, 4.69) is 5.32 Å². The SMILES string of the molecule is Cc1cccc(N2C(=O)c3ccccc3N[C@H]2c2ccc(C)o2)c1. The van der Waals surface area contributed by atoms with E-state index in [1.54, 1.807) is 4.90 Å². The Morgan fingerprint density at radius 2 is 1.83 bits per heavy atom. The van der Waals surface area contributed by atoms with Crippen molar-refractivity contribution in [1.82, 2.24) is 0 Å². The van der Waals surface area contributed by atoms with Gasteiger partial charge < -0.3 is 9.73 Å². The first-order valence-corrected chi connectivity index (χ1v) is 7.95. The first-order valence-electron chi connectivity index (χ1n) is 7.95. The average Bonchev–Trinajstić information content (AvgIpc) is 3.01. The molecule has 120 valence electrons. The average molecular weight is 318 g/mol. The largest absolute Gasteiger partial charge is 0.462 e. The van der Waals surface area contributed by atoms with Crippen molar-refractivity contribution in [3.05, 3.63) is 83.3 Å². The molecule has 0 bridgehead atoms. The summed E-state index contributed by atoms with van der Waals surface area (Å²) in [4.78, 5) is 14.9. The van der Waals surface area contributed by atoms with Gasteiger partial charge in [-0.25, -0.2) is 0 Å². The third-order valence-electron chi connectivity index (χ3n) is 4.24. The third-order valence-corrected chi connectivity index (χ3v) is 4.24. The minimum atomic E-state index is -0.372. The molecule has 4 nitrogen and oxygen atoms in total. The number of carbonyl (C=O) groups is 1. The molecule has 2 aromatic carbocycles. The molecule has 0 saturated heterocycles. The zero-order chi connectivity index (χ0) is 16.7. The third kappa shape index (κ3) is 2.36. The summed E-state index contributed by atoms with van der Waals surface area (Å²) in [6.45, 7) is 3.92. The number of fused-ring (bicyclic) bond motifs is 1. The van der Waals surface area contributed by atoms with Crippen LogP contribution in [0.2, 0.25) is 0 Å². The topological polar surface area (TPSA) is 45.5 Å². The van der Waals surface area contributed by atoms with E-state index in [0.29, 0.717) is 5.56 Å². The van der Waals surface area contributed by atoms with Gasteiger partial charge in [-0.3, -0.25) is 9.69 Å². The van der Waals surface area contributed by atoms with Crippen molar-refractivity contribution in [3.8, 4) is 0 Å². The molecule has 0 aliphatic carbocycles. The Balaban J connectivity index is 1.87. The van der Waals surface area contributed by atoms with Crippen LogP contribution in [0.4, 0.5) is 11.4 Å². The van der Waals surface area contributed by atoms with Crippen LogP contribution in [0.15, 0.2) is 65.1 Å². The number of nitrogens with one attached hydrogen (secondary N) is 1. The van der Waals surface area contributed by atoms with Gasteiger partial charge in [-0.2, -0.15) is 0 Å². The fraction of sp³-hybridized carbons (Fsp3) is 0.150. The van der Waals surface area contributed by atoms with Gasteiger partial charge in [0, 0.05) is 11.4 Å². The van der Waals surface area contributed by atoms with Crippen LogP contribution < -0.4 is 10.2 Å². The van der Waals surface area contributed by atoms with Crippen LogP contribution in [0, 0.1) is 13.8 Å². The van der Waals surface area contributed by atoms with E-state index in [4.69, 9.17) is 4.42 Å². The lowest BCUT2D eigenvalue weighted by molar-refractivity contribution is 0.0971. The number of carbonyl (C=O) groups excluding carboxylic acids is 1. The summed E-state index contributed by atoms with van der Waals surface area (Å²) in [5.74, 6) is 1.51. The number of anilines is 2. The van der Waals surface area contributed by atoms with Gasteiger partial charge in [0.25, 0.3) is 5.91 Å². The van der Waals surface area contributed by atoms with Crippen molar-refractivity contribution in [1.29, 1.82) is 0 Å². The predicted molar refractivity (Wildman–Crippen MR) is 94.2 cm³/mol. The molecule has 1 aromatic heterocycles. The van der Waals surface area contributed by atoms with Crippen molar-refractivity contribution < 1.29 is 9.21 Å². The van der Waals surface area contributed by atoms with Crippen LogP contribution in [0.3, 0.4) is 0 Å². The van der Waals surface area contributed by atoms with Crippen LogP contribution >= 0.6 is 0 Å². The Hall–Kier alpha value is -3.01. The highest BCUT2D eigenvalue weighted by Gasteiger charge is 2.35. The van der Waals surface area contributed by atoms with Gasteiger partial charge in [-0.05, 0) is 55.8 Å². The molecule has 0 radical (unpaired) electrons. The first-order chi connectivity index (χ1) is 11.6. The smallest absolute Gasteiger partial charge is 0.262 e. The molecule has 4 rings (SSSR count). The summed E-state index contributed by atoms with van der Waals surface area (Å²) in [7, 11) is 0. The number of furan rings is 1. The molecule has 3 aromatic rings. The molecule has 0 spiro atoms. The second kappa shape index (κ2) is 5.57. The van der Waals surface area contributed by atoms with E-state index in [0.717, 1.165) is 28.5 Å².